The van der Waals surface area contributed by atoms with E-state index in [-0.39, 0.29) is 5.91 Å². The van der Waals surface area contributed by atoms with Crippen molar-refractivity contribution >= 4 is 51.4 Å². The average molecular weight is 487 g/mol. The molecule has 0 saturated carbocycles. The van der Waals surface area contributed by atoms with Gasteiger partial charge in [-0.25, -0.2) is 0 Å². The number of benzene rings is 2. The highest BCUT2D eigenvalue weighted by atomic mass is 35.5. The fourth-order valence-corrected chi connectivity index (χ4v) is 4.32. The largest absolute Gasteiger partial charge is 0.368 e. The minimum absolute atomic E-state index is 0.187. The summed E-state index contributed by atoms with van der Waals surface area (Å²) in [6.45, 7) is 4.74. The van der Waals surface area contributed by atoms with Crippen molar-refractivity contribution < 1.29 is 4.79 Å². The summed E-state index contributed by atoms with van der Waals surface area (Å²) in [6.07, 6.45) is 0.880. The molecule has 0 atom stereocenters. The molecule has 1 saturated heterocycles. The number of nitrogens with one attached hydrogen (secondary N) is 1. The average Bonchev–Trinajstić information content (AvgIpc) is 2.83. The van der Waals surface area contributed by atoms with E-state index in [4.69, 9.17) is 23.2 Å². The first-order valence-corrected chi connectivity index (χ1v) is 11.8. The summed E-state index contributed by atoms with van der Waals surface area (Å²) >= 11 is 12.3. The summed E-state index contributed by atoms with van der Waals surface area (Å²) in [7, 11) is 4.04. The molecule has 1 aromatic heterocycles. The molecule has 0 bridgehead atoms. The number of carbonyl (C=O) groups is 1. The number of halogens is 2. The molecule has 7 nitrogen and oxygen atoms in total. The second-order valence-electron chi connectivity index (χ2n) is 8.40. The van der Waals surface area contributed by atoms with Crippen molar-refractivity contribution in [1.29, 1.82) is 0 Å². The van der Waals surface area contributed by atoms with Crippen LogP contribution in [0.15, 0.2) is 42.5 Å². The highest BCUT2D eigenvalue weighted by molar-refractivity contribution is 6.42. The summed E-state index contributed by atoms with van der Waals surface area (Å²) in [5.74, 6) is 0.622. The fourth-order valence-electron chi connectivity index (χ4n) is 4.03. The summed E-state index contributed by atoms with van der Waals surface area (Å²) < 4.78 is 0. The first-order chi connectivity index (χ1) is 15.9. The van der Waals surface area contributed by atoms with Crippen LogP contribution in [-0.2, 0) is 0 Å². The van der Waals surface area contributed by atoms with Gasteiger partial charge in [0.25, 0.3) is 5.91 Å². The molecule has 1 aliphatic rings. The molecule has 3 aromatic rings. The number of rotatable bonds is 7. The predicted octanol–water partition coefficient (Wildman–Crippen LogP) is 3.94. The van der Waals surface area contributed by atoms with E-state index >= 15 is 0 Å². The molecule has 1 amide bonds. The number of amides is 1. The lowest BCUT2D eigenvalue weighted by Crippen LogP contribution is -2.47. The molecule has 1 fully saturated rings. The number of carbonyl (C=O) groups excluding carboxylic acids is 1. The van der Waals surface area contributed by atoms with Crippen LogP contribution in [0.2, 0.25) is 10.0 Å². The number of fused-ring (bicyclic) bond motifs is 1. The lowest BCUT2D eigenvalue weighted by molar-refractivity contribution is 0.0948. The topological polar surface area (TPSA) is 64.6 Å². The lowest BCUT2D eigenvalue weighted by atomic mass is 10.1. The van der Waals surface area contributed by atoms with E-state index in [2.05, 4.69) is 30.2 Å². The molecule has 174 valence electrons. The molecule has 0 radical (unpaired) electrons. The van der Waals surface area contributed by atoms with Crippen molar-refractivity contribution in [3.05, 3.63) is 58.2 Å². The molecule has 33 heavy (non-hydrogen) atoms. The summed E-state index contributed by atoms with van der Waals surface area (Å²) in [4.78, 5) is 19.4. The Bertz CT molecular complexity index is 1130. The van der Waals surface area contributed by atoms with E-state index in [1.54, 1.807) is 0 Å². The van der Waals surface area contributed by atoms with E-state index in [1.165, 1.54) is 0 Å². The third-order valence-corrected chi connectivity index (χ3v) is 6.54. The van der Waals surface area contributed by atoms with Crippen LogP contribution in [0, 0.1) is 0 Å². The Hall–Kier alpha value is -2.61. The highest BCUT2D eigenvalue weighted by Gasteiger charge is 2.23. The van der Waals surface area contributed by atoms with E-state index in [0.717, 1.165) is 61.4 Å². The van der Waals surface area contributed by atoms with Gasteiger partial charge in [-0.3, -0.25) is 4.79 Å². The van der Waals surface area contributed by atoms with Crippen LogP contribution in [0.4, 0.5) is 11.5 Å². The van der Waals surface area contributed by atoms with Crippen LogP contribution < -0.4 is 15.1 Å². The Morgan fingerprint density at radius 1 is 0.970 bits per heavy atom. The second kappa shape index (κ2) is 10.5. The zero-order valence-corrected chi connectivity index (χ0v) is 20.4. The Balaban J connectivity index is 1.48. The number of aromatic nitrogens is 2. The Labute approximate surface area is 204 Å². The third-order valence-electron chi connectivity index (χ3n) is 5.80. The van der Waals surface area contributed by atoms with Crippen molar-refractivity contribution in [2.24, 2.45) is 0 Å². The first-order valence-electron chi connectivity index (χ1n) is 11.1. The first kappa shape index (κ1) is 23.5. The van der Waals surface area contributed by atoms with Crippen molar-refractivity contribution in [3.63, 3.8) is 0 Å². The van der Waals surface area contributed by atoms with Gasteiger partial charge in [0.2, 0.25) is 0 Å². The van der Waals surface area contributed by atoms with Crippen LogP contribution in [0.25, 0.3) is 10.8 Å². The summed E-state index contributed by atoms with van der Waals surface area (Å²) in [5.41, 5.74) is 1.43. The molecule has 4 rings (SSSR count). The van der Waals surface area contributed by atoms with Gasteiger partial charge in [-0.2, -0.15) is 0 Å². The van der Waals surface area contributed by atoms with Gasteiger partial charge in [0.1, 0.15) is 0 Å². The summed E-state index contributed by atoms with van der Waals surface area (Å²) in [6, 6.07) is 13.6. The predicted molar refractivity (Wildman–Crippen MR) is 136 cm³/mol. The second-order valence-corrected chi connectivity index (χ2v) is 9.22. The van der Waals surface area contributed by atoms with Crippen molar-refractivity contribution in [3.8, 4) is 0 Å². The summed E-state index contributed by atoms with van der Waals surface area (Å²) in [5, 5.41) is 14.7. The monoisotopic (exact) mass is 486 g/mol. The van der Waals surface area contributed by atoms with Gasteiger partial charge in [0, 0.05) is 49.2 Å². The normalized spacial score (nSPS) is 14.2. The van der Waals surface area contributed by atoms with Gasteiger partial charge in [-0.1, -0.05) is 47.5 Å². The van der Waals surface area contributed by atoms with E-state index in [1.807, 2.05) is 56.6 Å². The number of hydrogen-bond acceptors (Lipinski definition) is 6. The highest BCUT2D eigenvalue weighted by Crippen LogP contribution is 2.30. The van der Waals surface area contributed by atoms with E-state index < -0.39 is 0 Å². The maximum Gasteiger partial charge on any atom is 0.272 e. The molecule has 9 heteroatoms. The van der Waals surface area contributed by atoms with E-state index in [9.17, 15) is 4.79 Å². The van der Waals surface area contributed by atoms with Crippen molar-refractivity contribution in [1.82, 2.24) is 20.4 Å². The maximum atomic E-state index is 12.8. The zero-order chi connectivity index (χ0) is 23.4. The van der Waals surface area contributed by atoms with Crippen LogP contribution in [0.1, 0.15) is 16.9 Å². The minimum atomic E-state index is -0.187. The van der Waals surface area contributed by atoms with Crippen LogP contribution in [-0.4, -0.2) is 74.4 Å². The maximum absolute atomic E-state index is 12.8. The zero-order valence-electron chi connectivity index (χ0n) is 18.9. The number of hydrogen-bond donors (Lipinski definition) is 1. The van der Waals surface area contributed by atoms with Gasteiger partial charge in [0.05, 0.1) is 10.0 Å². The SMILES string of the molecule is CN(C)CCCNC(=O)c1nnc(N2CCN(c3ccc(Cl)c(Cl)c3)CC2)c2ccccc12. The molecule has 0 unspecified atom stereocenters. The lowest BCUT2D eigenvalue weighted by Gasteiger charge is -2.37. The molecule has 1 N–H and O–H groups in total. The van der Waals surface area contributed by atoms with Gasteiger partial charge < -0.3 is 20.0 Å². The van der Waals surface area contributed by atoms with Crippen molar-refractivity contribution in [2.45, 2.75) is 6.42 Å². The Morgan fingerprint density at radius 2 is 1.67 bits per heavy atom. The van der Waals surface area contributed by atoms with Gasteiger partial charge in [-0.15, -0.1) is 10.2 Å². The quantitative estimate of drug-likeness (QED) is 0.510. The molecule has 0 spiro atoms. The third kappa shape index (κ3) is 5.49. The fraction of sp³-hybridized carbons (Fsp3) is 0.375. The van der Waals surface area contributed by atoms with Crippen LogP contribution in [0.5, 0.6) is 0 Å². The molecular formula is C24H28Cl2N6O. The molecule has 2 heterocycles. The molecule has 1 aliphatic heterocycles. The van der Waals surface area contributed by atoms with Gasteiger partial charge in [-0.05, 0) is 45.3 Å². The van der Waals surface area contributed by atoms with Gasteiger partial charge >= 0.3 is 0 Å². The van der Waals surface area contributed by atoms with Gasteiger partial charge in [0.15, 0.2) is 11.5 Å². The number of nitrogens with zero attached hydrogens (tertiary/aromatic N) is 5. The standard InChI is InChI=1S/C24H28Cl2N6O/c1-30(2)11-5-10-27-24(33)22-18-6-3-4-7-19(18)23(29-28-22)32-14-12-31(13-15-32)17-8-9-20(25)21(26)16-17/h3-4,6-9,16H,5,10-15H2,1-2H3,(H,27,33). The van der Waals surface area contributed by atoms with E-state index in [0.29, 0.717) is 22.3 Å². The minimum Gasteiger partial charge on any atom is -0.368 e. The number of piperazine rings is 1. The van der Waals surface area contributed by atoms with Crippen LogP contribution in [0.3, 0.4) is 0 Å². The molecule has 0 aliphatic carbocycles. The van der Waals surface area contributed by atoms with Crippen LogP contribution >= 0.6 is 23.2 Å². The Kier molecular flexibility index (Phi) is 7.53. The smallest absolute Gasteiger partial charge is 0.272 e. The molecular weight excluding hydrogens is 459 g/mol. The molecule has 2 aromatic carbocycles. The van der Waals surface area contributed by atoms with Crippen molar-refractivity contribution in [2.75, 3.05) is 63.2 Å². The Morgan fingerprint density at radius 3 is 2.36 bits per heavy atom. The number of anilines is 2.